The van der Waals surface area contributed by atoms with E-state index in [4.69, 9.17) is 0 Å². The summed E-state index contributed by atoms with van der Waals surface area (Å²) in [6.45, 7) is 13.9. The predicted octanol–water partition coefficient (Wildman–Crippen LogP) is 2.33. The number of hydrogen-bond donors (Lipinski definition) is 1. The van der Waals surface area contributed by atoms with Crippen LogP contribution in [0, 0.1) is 0 Å². The number of rotatable bonds is 2. The van der Waals surface area contributed by atoms with Gasteiger partial charge in [0.15, 0.2) is 0 Å². The molecule has 0 rings (SSSR count). The molecule has 0 aromatic heterocycles. The van der Waals surface area contributed by atoms with Gasteiger partial charge in [0.2, 0.25) is 0 Å². The van der Waals surface area contributed by atoms with Gasteiger partial charge in [-0.05, 0) is 40.2 Å². The van der Waals surface area contributed by atoms with Crippen molar-refractivity contribution in [2.24, 2.45) is 5.10 Å². The molecule has 0 aromatic carbocycles. The van der Waals surface area contributed by atoms with Crippen molar-refractivity contribution in [2.75, 3.05) is 0 Å². The molecule has 2 heteroatoms. The first-order chi connectivity index (χ1) is 4.83. The lowest BCUT2D eigenvalue weighted by atomic mass is 10.1. The second-order valence-electron chi connectivity index (χ2n) is 3.84. The van der Waals surface area contributed by atoms with Crippen LogP contribution >= 0.6 is 0 Å². The summed E-state index contributed by atoms with van der Waals surface area (Å²) in [4.78, 5) is 0. The van der Waals surface area contributed by atoms with Crippen LogP contribution < -0.4 is 5.43 Å². The van der Waals surface area contributed by atoms with E-state index in [0.29, 0.717) is 0 Å². The van der Waals surface area contributed by atoms with Gasteiger partial charge in [0.25, 0.3) is 0 Å². The van der Waals surface area contributed by atoms with Crippen LogP contribution in [0.2, 0.25) is 0 Å². The molecule has 0 bridgehead atoms. The highest BCUT2D eigenvalue weighted by molar-refractivity contribution is 5.96. The summed E-state index contributed by atoms with van der Waals surface area (Å²) in [7, 11) is 0. The van der Waals surface area contributed by atoms with E-state index in [1.807, 2.05) is 13.8 Å². The largest absolute Gasteiger partial charge is 0.305 e. The minimum Gasteiger partial charge on any atom is -0.305 e. The summed E-state index contributed by atoms with van der Waals surface area (Å²) >= 11 is 0. The van der Waals surface area contributed by atoms with Gasteiger partial charge >= 0.3 is 0 Å². The number of allylic oxidation sites excluding steroid dienone is 1. The second kappa shape index (κ2) is 3.56. The number of nitrogens with one attached hydrogen (secondary N) is 1. The van der Waals surface area contributed by atoms with Gasteiger partial charge in [-0.2, -0.15) is 5.10 Å². The summed E-state index contributed by atoms with van der Waals surface area (Å²) < 4.78 is 0. The monoisotopic (exact) mass is 154 g/mol. The molecule has 0 fully saturated rings. The minimum absolute atomic E-state index is 0.0384. The lowest BCUT2D eigenvalue weighted by Crippen LogP contribution is -2.32. The molecule has 0 aromatic rings. The van der Waals surface area contributed by atoms with Crippen LogP contribution in [-0.2, 0) is 0 Å². The van der Waals surface area contributed by atoms with Crippen LogP contribution in [0.3, 0.4) is 0 Å². The second-order valence-corrected chi connectivity index (χ2v) is 3.84. The maximum atomic E-state index is 4.16. The van der Waals surface area contributed by atoms with Crippen molar-refractivity contribution in [2.45, 2.75) is 40.2 Å². The van der Waals surface area contributed by atoms with Crippen molar-refractivity contribution >= 4 is 5.71 Å². The number of hydrazone groups is 1. The molecule has 0 heterocycles. The maximum Gasteiger partial charge on any atom is 0.0595 e. The first-order valence-electron chi connectivity index (χ1n) is 3.80. The Morgan fingerprint density at radius 1 is 1.27 bits per heavy atom. The third kappa shape index (κ3) is 5.64. The van der Waals surface area contributed by atoms with E-state index in [1.165, 1.54) is 0 Å². The molecule has 0 unspecified atom stereocenters. The molecule has 0 saturated carbocycles. The predicted molar refractivity (Wildman–Crippen MR) is 50.8 cm³/mol. The molecule has 0 aliphatic heterocycles. The number of nitrogens with zero attached hydrogens (tertiary/aromatic N) is 1. The van der Waals surface area contributed by atoms with E-state index in [9.17, 15) is 0 Å². The SMILES string of the molecule is C=C(C)C(C)=NNC(C)(C)C. The van der Waals surface area contributed by atoms with Gasteiger partial charge in [0, 0.05) is 5.54 Å². The Labute approximate surface area is 69.4 Å². The van der Waals surface area contributed by atoms with Crippen molar-refractivity contribution in [3.63, 3.8) is 0 Å². The third-order valence-electron chi connectivity index (χ3n) is 1.18. The summed E-state index contributed by atoms with van der Waals surface area (Å²) in [5.41, 5.74) is 5.03. The van der Waals surface area contributed by atoms with Crippen LogP contribution in [-0.4, -0.2) is 11.3 Å². The van der Waals surface area contributed by atoms with E-state index < -0.39 is 0 Å². The normalized spacial score (nSPS) is 13.0. The van der Waals surface area contributed by atoms with Crippen molar-refractivity contribution in [3.8, 4) is 0 Å². The first-order valence-corrected chi connectivity index (χ1v) is 3.80. The average Bonchev–Trinajstić information content (AvgIpc) is 1.80. The molecule has 11 heavy (non-hydrogen) atoms. The summed E-state index contributed by atoms with van der Waals surface area (Å²) in [6, 6.07) is 0. The molecule has 0 amide bonds. The van der Waals surface area contributed by atoms with Gasteiger partial charge in [-0.15, -0.1) is 0 Å². The Morgan fingerprint density at radius 2 is 1.73 bits per heavy atom. The van der Waals surface area contributed by atoms with Gasteiger partial charge in [-0.3, -0.25) is 0 Å². The maximum absolute atomic E-state index is 4.16. The Kier molecular flexibility index (Phi) is 3.30. The molecule has 0 aliphatic carbocycles. The van der Waals surface area contributed by atoms with E-state index >= 15 is 0 Å². The zero-order chi connectivity index (χ0) is 9.07. The molecule has 2 nitrogen and oxygen atoms in total. The quantitative estimate of drug-likeness (QED) is 0.479. The molecule has 0 atom stereocenters. The fourth-order valence-corrected chi connectivity index (χ4v) is 0.347. The Hall–Kier alpha value is -0.790. The summed E-state index contributed by atoms with van der Waals surface area (Å²) in [5, 5.41) is 4.16. The van der Waals surface area contributed by atoms with Crippen LogP contribution in [0.25, 0.3) is 0 Å². The fraction of sp³-hybridized carbons (Fsp3) is 0.667. The smallest absolute Gasteiger partial charge is 0.0595 e. The average molecular weight is 154 g/mol. The van der Waals surface area contributed by atoms with Gasteiger partial charge in [-0.1, -0.05) is 6.58 Å². The molecular weight excluding hydrogens is 136 g/mol. The Bertz CT molecular complexity index is 172. The van der Waals surface area contributed by atoms with Crippen molar-refractivity contribution < 1.29 is 0 Å². The van der Waals surface area contributed by atoms with Gasteiger partial charge in [-0.25, -0.2) is 0 Å². The first kappa shape index (κ1) is 10.2. The molecule has 0 saturated heterocycles. The molecule has 64 valence electrons. The molecule has 0 radical (unpaired) electrons. The summed E-state index contributed by atoms with van der Waals surface area (Å²) in [5.74, 6) is 0. The molecular formula is C9H18N2. The highest BCUT2D eigenvalue weighted by atomic mass is 15.3. The van der Waals surface area contributed by atoms with Crippen LogP contribution in [0.1, 0.15) is 34.6 Å². The standard InChI is InChI=1S/C9H18N2/c1-7(2)8(3)10-11-9(4,5)6/h11H,1H2,2-6H3. The van der Waals surface area contributed by atoms with Gasteiger partial charge < -0.3 is 5.43 Å². The van der Waals surface area contributed by atoms with Gasteiger partial charge in [0.1, 0.15) is 0 Å². The van der Waals surface area contributed by atoms with E-state index in [-0.39, 0.29) is 5.54 Å². The minimum atomic E-state index is 0.0384. The zero-order valence-corrected chi connectivity index (χ0v) is 8.15. The Balaban J connectivity index is 4.04. The van der Waals surface area contributed by atoms with E-state index in [0.717, 1.165) is 11.3 Å². The van der Waals surface area contributed by atoms with Crippen LogP contribution in [0.5, 0.6) is 0 Å². The van der Waals surface area contributed by atoms with Gasteiger partial charge in [0.05, 0.1) is 5.71 Å². The van der Waals surface area contributed by atoms with E-state index in [2.05, 4.69) is 37.9 Å². The summed E-state index contributed by atoms with van der Waals surface area (Å²) in [6.07, 6.45) is 0. The topological polar surface area (TPSA) is 24.4 Å². The molecule has 0 spiro atoms. The van der Waals surface area contributed by atoms with Crippen molar-refractivity contribution in [1.82, 2.24) is 5.43 Å². The highest BCUT2D eigenvalue weighted by Gasteiger charge is 2.06. The van der Waals surface area contributed by atoms with E-state index in [1.54, 1.807) is 0 Å². The van der Waals surface area contributed by atoms with Crippen LogP contribution in [0.15, 0.2) is 17.3 Å². The molecule has 0 aliphatic rings. The highest BCUT2D eigenvalue weighted by Crippen LogP contribution is 1.99. The van der Waals surface area contributed by atoms with Crippen molar-refractivity contribution in [3.05, 3.63) is 12.2 Å². The number of hydrogen-bond acceptors (Lipinski definition) is 2. The lowest BCUT2D eigenvalue weighted by Gasteiger charge is -2.18. The van der Waals surface area contributed by atoms with Crippen molar-refractivity contribution in [1.29, 1.82) is 0 Å². The zero-order valence-electron chi connectivity index (χ0n) is 8.15. The van der Waals surface area contributed by atoms with Crippen LogP contribution in [0.4, 0.5) is 0 Å². The fourth-order valence-electron chi connectivity index (χ4n) is 0.347. The lowest BCUT2D eigenvalue weighted by molar-refractivity contribution is 0.441. The third-order valence-corrected chi connectivity index (χ3v) is 1.18. The Morgan fingerprint density at radius 3 is 2.00 bits per heavy atom. The molecule has 1 N–H and O–H groups in total.